The number of nitrogens with two attached hydrogens (primary N) is 1. The van der Waals surface area contributed by atoms with Crippen LogP contribution in [0.4, 0.5) is 15.9 Å². The van der Waals surface area contributed by atoms with E-state index in [1.165, 1.54) is 29.4 Å². The molecule has 178 valence electrons. The molecule has 1 aromatic carbocycles. The summed E-state index contributed by atoms with van der Waals surface area (Å²) in [7, 11) is 0. The first-order valence-corrected chi connectivity index (χ1v) is 11.2. The predicted octanol–water partition coefficient (Wildman–Crippen LogP) is 1.86. The molecule has 9 nitrogen and oxygen atoms in total. The van der Waals surface area contributed by atoms with Crippen LogP contribution in [0.3, 0.4) is 0 Å². The lowest BCUT2D eigenvalue weighted by molar-refractivity contribution is -0.117. The molecule has 2 aromatic rings. The number of carbonyl (C=O) groups is 1. The number of carbonyl (C=O) groups excluding carboxylic acids is 1. The lowest BCUT2D eigenvalue weighted by atomic mass is 9.87. The van der Waals surface area contributed by atoms with E-state index in [1.54, 1.807) is 20.0 Å². The van der Waals surface area contributed by atoms with Crippen molar-refractivity contribution >= 4 is 17.4 Å². The molecule has 4 N–H and O–H groups in total. The first-order valence-electron chi connectivity index (χ1n) is 11.2. The number of halogens is 1. The Morgan fingerprint density at radius 2 is 2.21 bits per heavy atom. The molecule has 2 aliphatic heterocycles. The average molecular weight is 459 g/mol. The third kappa shape index (κ3) is 5.01. The minimum absolute atomic E-state index is 0.225. The van der Waals surface area contributed by atoms with Gasteiger partial charge in [0.25, 0.3) is 0 Å². The van der Waals surface area contributed by atoms with Gasteiger partial charge in [-0.05, 0) is 37.4 Å². The fourth-order valence-corrected chi connectivity index (χ4v) is 4.65. The fourth-order valence-electron chi connectivity index (χ4n) is 4.65. The van der Waals surface area contributed by atoms with Crippen LogP contribution in [0.1, 0.15) is 26.7 Å². The maximum atomic E-state index is 14.2. The van der Waals surface area contributed by atoms with E-state index in [0.29, 0.717) is 11.6 Å². The summed E-state index contributed by atoms with van der Waals surface area (Å²) in [5.74, 6) is -0.0632. The molecule has 0 radical (unpaired) electrons. The Morgan fingerprint density at radius 3 is 2.91 bits per heavy atom. The minimum Gasteiger partial charge on any atom is -0.450 e. The van der Waals surface area contributed by atoms with Gasteiger partial charge in [0.15, 0.2) is 17.3 Å². The van der Waals surface area contributed by atoms with E-state index >= 15 is 0 Å². The minimum atomic E-state index is -1.07. The molecular weight excluding hydrogens is 427 g/mol. The van der Waals surface area contributed by atoms with Crippen molar-refractivity contribution in [2.75, 3.05) is 42.5 Å². The van der Waals surface area contributed by atoms with Gasteiger partial charge in [0.05, 0.1) is 18.4 Å². The largest absolute Gasteiger partial charge is 0.450 e. The summed E-state index contributed by atoms with van der Waals surface area (Å²) in [6.07, 6.45) is 4.18. The Kier molecular flexibility index (Phi) is 6.66. The molecule has 3 heterocycles. The number of hydrogen-bond acceptors (Lipinski definition) is 8. The summed E-state index contributed by atoms with van der Waals surface area (Å²) in [5.41, 5.74) is 5.88. The van der Waals surface area contributed by atoms with Crippen molar-refractivity contribution in [1.82, 2.24) is 15.3 Å². The first kappa shape index (κ1) is 23.2. The van der Waals surface area contributed by atoms with Crippen molar-refractivity contribution in [2.24, 2.45) is 17.1 Å². The molecule has 2 unspecified atom stereocenters. The lowest BCUT2D eigenvalue weighted by Gasteiger charge is -2.32. The Morgan fingerprint density at radius 1 is 1.39 bits per heavy atom. The van der Waals surface area contributed by atoms with Crippen LogP contribution in [0.5, 0.6) is 11.5 Å². The van der Waals surface area contributed by atoms with Gasteiger partial charge in [-0.15, -0.1) is 0 Å². The summed E-state index contributed by atoms with van der Waals surface area (Å²) < 4.78 is 20.4. The number of nitrogens with one attached hydrogen (secondary N) is 1. The Labute approximate surface area is 192 Å². The van der Waals surface area contributed by atoms with Crippen LogP contribution in [0.25, 0.3) is 0 Å². The van der Waals surface area contributed by atoms with Crippen LogP contribution in [0.2, 0.25) is 0 Å². The molecule has 2 fully saturated rings. The molecule has 10 heteroatoms. The van der Waals surface area contributed by atoms with E-state index in [-0.39, 0.29) is 29.3 Å². The highest BCUT2D eigenvalue weighted by molar-refractivity contribution is 5.80. The summed E-state index contributed by atoms with van der Waals surface area (Å²) in [6.45, 7) is 7.02. The maximum Gasteiger partial charge on any atom is 0.237 e. The Bertz CT molecular complexity index is 998. The number of aromatic nitrogens is 2. The number of primary amides is 1. The number of nitrogens with zero attached hydrogens (tertiary/aromatic N) is 4. The van der Waals surface area contributed by atoms with Gasteiger partial charge in [-0.2, -0.15) is 0 Å². The zero-order chi connectivity index (χ0) is 23.6. The average Bonchev–Trinajstić information content (AvgIpc) is 3.42. The van der Waals surface area contributed by atoms with E-state index < -0.39 is 18.0 Å². The zero-order valence-electron chi connectivity index (χ0n) is 19.0. The second kappa shape index (κ2) is 9.48. The fraction of sp³-hybridized carbons (Fsp3) is 0.522. The van der Waals surface area contributed by atoms with Gasteiger partial charge < -0.3 is 30.7 Å². The smallest absolute Gasteiger partial charge is 0.237 e. The molecular formula is C23H31FN6O3. The van der Waals surface area contributed by atoms with E-state index in [4.69, 9.17) is 10.5 Å². The second-order valence-electron chi connectivity index (χ2n) is 9.27. The van der Waals surface area contributed by atoms with E-state index in [0.717, 1.165) is 39.0 Å². The van der Waals surface area contributed by atoms with Gasteiger partial charge >= 0.3 is 0 Å². The van der Waals surface area contributed by atoms with Crippen LogP contribution in [-0.2, 0) is 4.79 Å². The number of aliphatic hydroxyl groups excluding tert-OH is 1. The first-order chi connectivity index (χ1) is 15.8. The Balaban J connectivity index is 1.66. The van der Waals surface area contributed by atoms with Gasteiger partial charge in [-0.25, -0.2) is 14.4 Å². The lowest BCUT2D eigenvalue weighted by Crippen LogP contribution is -2.44. The van der Waals surface area contributed by atoms with Crippen molar-refractivity contribution in [1.29, 1.82) is 0 Å². The summed E-state index contributed by atoms with van der Waals surface area (Å²) in [6, 6.07) is 3.96. The number of anilines is 2. The molecule has 0 aliphatic carbocycles. The van der Waals surface area contributed by atoms with E-state index in [1.807, 2.05) is 0 Å². The third-order valence-corrected chi connectivity index (χ3v) is 6.42. The number of benzene rings is 1. The van der Waals surface area contributed by atoms with Gasteiger partial charge in [0.2, 0.25) is 5.91 Å². The molecule has 2 atom stereocenters. The molecule has 0 saturated carbocycles. The summed E-state index contributed by atoms with van der Waals surface area (Å²) in [4.78, 5) is 23.9. The number of ether oxygens (including phenoxy) is 1. The molecule has 1 amide bonds. The van der Waals surface area contributed by atoms with Crippen LogP contribution in [0, 0.1) is 17.2 Å². The van der Waals surface area contributed by atoms with Crippen LogP contribution < -0.4 is 25.6 Å². The normalized spacial score (nSPS) is 21.1. The SMILES string of the molecule is CC(C)C(O)N(CC(N)=O)c1cc(F)ccc1Oc1cncnc1N1CCC2(CCNC2)C1. The molecule has 1 aromatic heterocycles. The quantitative estimate of drug-likeness (QED) is 0.514. The van der Waals surface area contributed by atoms with Crippen molar-refractivity contribution in [3.8, 4) is 11.5 Å². The molecule has 2 saturated heterocycles. The highest BCUT2D eigenvalue weighted by Crippen LogP contribution is 2.42. The van der Waals surface area contributed by atoms with Gasteiger partial charge in [0, 0.05) is 31.1 Å². The highest BCUT2D eigenvalue weighted by atomic mass is 19.1. The summed E-state index contributed by atoms with van der Waals surface area (Å²) >= 11 is 0. The van der Waals surface area contributed by atoms with Crippen LogP contribution in [0.15, 0.2) is 30.7 Å². The third-order valence-electron chi connectivity index (χ3n) is 6.42. The maximum absolute atomic E-state index is 14.2. The molecule has 33 heavy (non-hydrogen) atoms. The number of rotatable bonds is 8. The monoisotopic (exact) mass is 458 g/mol. The van der Waals surface area contributed by atoms with Crippen molar-refractivity contribution < 1.29 is 19.0 Å². The summed E-state index contributed by atoms with van der Waals surface area (Å²) in [5, 5.41) is 14.2. The molecule has 0 bridgehead atoms. The van der Waals surface area contributed by atoms with E-state index in [9.17, 15) is 14.3 Å². The molecule has 4 rings (SSSR count). The van der Waals surface area contributed by atoms with Gasteiger partial charge in [-0.1, -0.05) is 13.8 Å². The van der Waals surface area contributed by atoms with Crippen molar-refractivity contribution in [2.45, 2.75) is 32.9 Å². The highest BCUT2D eigenvalue weighted by Gasteiger charge is 2.41. The number of aliphatic hydroxyl groups is 1. The Hall–Kier alpha value is -2.98. The molecule has 1 spiro atoms. The second-order valence-corrected chi connectivity index (χ2v) is 9.27. The van der Waals surface area contributed by atoms with E-state index in [2.05, 4.69) is 20.2 Å². The van der Waals surface area contributed by atoms with Gasteiger partial charge in [0.1, 0.15) is 18.4 Å². The topological polar surface area (TPSA) is 117 Å². The predicted molar refractivity (Wildman–Crippen MR) is 123 cm³/mol. The number of hydrogen-bond donors (Lipinski definition) is 3. The van der Waals surface area contributed by atoms with Gasteiger partial charge in [-0.3, -0.25) is 4.79 Å². The number of amides is 1. The zero-order valence-corrected chi connectivity index (χ0v) is 19.0. The van der Waals surface area contributed by atoms with Crippen LogP contribution >= 0.6 is 0 Å². The van der Waals surface area contributed by atoms with Crippen molar-refractivity contribution in [3.63, 3.8) is 0 Å². The van der Waals surface area contributed by atoms with Crippen LogP contribution in [-0.4, -0.2) is 59.9 Å². The standard InChI is InChI=1S/C23H31FN6O3/c1-15(2)22(32)30(11-20(25)31)17-9-16(24)3-4-18(17)33-19-10-27-14-28-21(19)29-8-6-23(13-29)5-7-26-12-23/h3-4,9-10,14-15,22,26,32H,5-8,11-13H2,1-2H3,(H2,25,31). The molecule has 2 aliphatic rings. The van der Waals surface area contributed by atoms with Crippen molar-refractivity contribution in [3.05, 3.63) is 36.5 Å².